The fourth-order valence-corrected chi connectivity index (χ4v) is 4.56. The van der Waals surface area contributed by atoms with Gasteiger partial charge in [-0.1, -0.05) is 23.4 Å². The van der Waals surface area contributed by atoms with Gasteiger partial charge in [0, 0.05) is 11.5 Å². The summed E-state index contributed by atoms with van der Waals surface area (Å²) in [4.78, 5) is 26.6. The highest BCUT2D eigenvalue weighted by molar-refractivity contribution is 7.89. The monoisotopic (exact) mass is 463 g/mol. The molecule has 1 aliphatic carbocycles. The standard InChI is InChI=1S/C20H25N5O6S/c1-2-32(29,30)21-11-14-12-25(23-22-14)15-9-13(10-15)19(26)24-7-8-31-17-6-4-3-5-16(17)18(24)20(27)28/h3-6,12-13,15,18,21H,2,7-11H2,1H3,(H,27,28). The van der Waals surface area contributed by atoms with Crippen LogP contribution in [0.15, 0.2) is 30.5 Å². The number of hydrogen-bond acceptors (Lipinski definition) is 7. The van der Waals surface area contributed by atoms with Gasteiger partial charge in [0.1, 0.15) is 12.4 Å². The Hall–Kier alpha value is -2.99. The van der Waals surface area contributed by atoms with E-state index in [0.717, 1.165) is 0 Å². The lowest BCUT2D eigenvalue weighted by Gasteiger charge is -2.38. The molecule has 1 saturated carbocycles. The highest BCUT2D eigenvalue weighted by Crippen LogP contribution is 2.41. The molecule has 11 nitrogen and oxygen atoms in total. The molecule has 1 fully saturated rings. The van der Waals surface area contributed by atoms with Gasteiger partial charge in [-0.3, -0.25) is 4.79 Å². The first-order valence-corrected chi connectivity index (χ1v) is 12.1. The number of rotatable bonds is 7. The van der Waals surface area contributed by atoms with Crippen molar-refractivity contribution in [3.63, 3.8) is 0 Å². The van der Waals surface area contributed by atoms with E-state index >= 15 is 0 Å². The van der Waals surface area contributed by atoms with E-state index in [2.05, 4.69) is 15.0 Å². The van der Waals surface area contributed by atoms with Gasteiger partial charge in [-0.15, -0.1) is 5.10 Å². The highest BCUT2D eigenvalue weighted by Gasteiger charge is 2.43. The molecule has 1 atom stereocenters. The summed E-state index contributed by atoms with van der Waals surface area (Å²) in [6.07, 6.45) is 2.68. The predicted octanol–water partition coefficient (Wildman–Crippen LogP) is 0.715. The minimum Gasteiger partial charge on any atom is -0.491 e. The van der Waals surface area contributed by atoms with Gasteiger partial charge in [-0.2, -0.15) is 0 Å². The van der Waals surface area contributed by atoms with Crippen LogP contribution in [0.2, 0.25) is 0 Å². The second kappa shape index (κ2) is 8.87. The number of benzene rings is 1. The summed E-state index contributed by atoms with van der Waals surface area (Å²) in [5, 5.41) is 17.9. The maximum atomic E-state index is 13.2. The summed E-state index contributed by atoms with van der Waals surface area (Å²) in [6, 6.07) is 5.74. The maximum Gasteiger partial charge on any atom is 0.331 e. The number of hydrogen-bond donors (Lipinski definition) is 2. The van der Waals surface area contributed by atoms with Crippen molar-refractivity contribution >= 4 is 21.9 Å². The molecule has 1 amide bonds. The number of aromatic nitrogens is 3. The van der Waals surface area contributed by atoms with Crippen LogP contribution in [0.1, 0.15) is 43.1 Å². The molecule has 1 aromatic heterocycles. The molecular formula is C20H25N5O6S. The van der Waals surface area contributed by atoms with Gasteiger partial charge in [0.05, 0.1) is 36.8 Å². The van der Waals surface area contributed by atoms with Crippen molar-refractivity contribution in [2.24, 2.45) is 5.92 Å². The zero-order valence-electron chi connectivity index (χ0n) is 17.5. The summed E-state index contributed by atoms with van der Waals surface area (Å²) < 4.78 is 32.9. The minimum absolute atomic E-state index is 0.0170. The molecule has 0 bridgehead atoms. The lowest BCUT2D eigenvalue weighted by Crippen LogP contribution is -2.46. The van der Waals surface area contributed by atoms with Crippen LogP contribution in [0.25, 0.3) is 0 Å². The molecule has 1 aromatic carbocycles. The van der Waals surface area contributed by atoms with Gasteiger partial charge in [-0.05, 0) is 25.8 Å². The molecule has 1 unspecified atom stereocenters. The first-order chi connectivity index (χ1) is 15.3. The van der Waals surface area contributed by atoms with Gasteiger partial charge in [0.15, 0.2) is 6.04 Å². The van der Waals surface area contributed by atoms with E-state index in [1.807, 2.05) is 0 Å². The van der Waals surface area contributed by atoms with Crippen LogP contribution < -0.4 is 9.46 Å². The smallest absolute Gasteiger partial charge is 0.331 e. The summed E-state index contributed by atoms with van der Waals surface area (Å²) in [6.45, 7) is 2.02. The lowest BCUT2D eigenvalue weighted by molar-refractivity contribution is -0.154. The van der Waals surface area contributed by atoms with Crippen molar-refractivity contribution < 1.29 is 27.9 Å². The maximum absolute atomic E-state index is 13.2. The number of ether oxygens (including phenoxy) is 1. The first-order valence-electron chi connectivity index (χ1n) is 10.4. The molecule has 2 aromatic rings. The average molecular weight is 464 g/mol. The largest absolute Gasteiger partial charge is 0.491 e. The molecule has 0 spiro atoms. The molecule has 12 heteroatoms. The van der Waals surface area contributed by atoms with Gasteiger partial charge in [-0.25, -0.2) is 22.6 Å². The summed E-state index contributed by atoms with van der Waals surface area (Å²) in [5.74, 6) is -1.17. The number of carbonyl (C=O) groups is 2. The van der Waals surface area contributed by atoms with Crippen LogP contribution in [0.5, 0.6) is 5.75 Å². The van der Waals surface area contributed by atoms with E-state index in [1.54, 1.807) is 42.1 Å². The lowest BCUT2D eigenvalue weighted by atomic mass is 9.79. The molecule has 0 saturated heterocycles. The Morgan fingerprint density at radius 1 is 1.28 bits per heavy atom. The minimum atomic E-state index is -3.32. The van der Waals surface area contributed by atoms with Gasteiger partial charge in [0.25, 0.3) is 0 Å². The van der Waals surface area contributed by atoms with Crippen molar-refractivity contribution in [3.8, 4) is 5.75 Å². The summed E-state index contributed by atoms with van der Waals surface area (Å²) in [5.41, 5.74) is 0.959. The van der Waals surface area contributed by atoms with Crippen molar-refractivity contribution in [1.29, 1.82) is 0 Å². The average Bonchev–Trinajstić information content (AvgIpc) is 3.10. The summed E-state index contributed by atoms with van der Waals surface area (Å²) >= 11 is 0. The van der Waals surface area contributed by atoms with E-state index < -0.39 is 22.0 Å². The van der Waals surface area contributed by atoms with Crippen LogP contribution in [0, 0.1) is 5.92 Å². The highest BCUT2D eigenvalue weighted by atomic mass is 32.2. The van der Waals surface area contributed by atoms with Crippen LogP contribution in [-0.4, -0.2) is 64.2 Å². The second-order valence-electron chi connectivity index (χ2n) is 7.90. The number of nitrogens with one attached hydrogen (secondary N) is 1. The van der Waals surface area contributed by atoms with Crippen LogP contribution >= 0.6 is 0 Å². The Balaban J connectivity index is 1.40. The number of carboxylic acid groups (broad SMARTS) is 1. The van der Waals surface area contributed by atoms with E-state index in [-0.39, 0.29) is 43.3 Å². The zero-order chi connectivity index (χ0) is 22.9. The van der Waals surface area contributed by atoms with Gasteiger partial charge < -0.3 is 14.7 Å². The van der Waals surface area contributed by atoms with E-state index in [0.29, 0.717) is 29.8 Å². The first kappa shape index (κ1) is 22.2. The topological polar surface area (TPSA) is 144 Å². The molecule has 32 heavy (non-hydrogen) atoms. The van der Waals surface area contributed by atoms with Crippen molar-refractivity contribution in [3.05, 3.63) is 41.7 Å². The molecule has 2 N–H and O–H groups in total. The Bertz CT molecular complexity index is 1110. The van der Waals surface area contributed by atoms with Gasteiger partial charge >= 0.3 is 5.97 Å². The molecule has 0 radical (unpaired) electrons. The normalized spacial score (nSPS) is 22.9. The molecular weight excluding hydrogens is 438 g/mol. The Labute approximate surface area is 185 Å². The third-order valence-electron chi connectivity index (χ3n) is 5.88. The SMILES string of the molecule is CCS(=O)(=O)NCc1cn(C2CC(C(=O)N3CCOc4ccccc4C3C(=O)O)C2)nn1. The predicted molar refractivity (Wildman–Crippen MR) is 112 cm³/mol. The van der Waals surface area contributed by atoms with Gasteiger partial charge in [0.2, 0.25) is 15.9 Å². The molecule has 1 aliphatic heterocycles. The van der Waals surface area contributed by atoms with E-state index in [1.165, 1.54) is 4.90 Å². The number of nitrogens with zero attached hydrogens (tertiary/aromatic N) is 4. The Morgan fingerprint density at radius 2 is 2.03 bits per heavy atom. The number of carboxylic acids is 1. The second-order valence-corrected chi connectivity index (χ2v) is 9.99. The molecule has 4 rings (SSSR count). The summed E-state index contributed by atoms with van der Waals surface area (Å²) in [7, 11) is -3.32. The third-order valence-corrected chi connectivity index (χ3v) is 7.22. The number of para-hydroxylation sites is 1. The van der Waals surface area contributed by atoms with E-state index in [9.17, 15) is 23.1 Å². The van der Waals surface area contributed by atoms with Crippen LogP contribution in [0.3, 0.4) is 0 Å². The van der Waals surface area contributed by atoms with E-state index in [4.69, 9.17) is 4.74 Å². The van der Waals surface area contributed by atoms with Crippen molar-refractivity contribution in [2.45, 2.75) is 38.4 Å². The molecule has 2 heterocycles. The number of sulfonamides is 1. The third kappa shape index (κ3) is 4.46. The molecule has 172 valence electrons. The molecule has 2 aliphatic rings. The van der Waals surface area contributed by atoms with Crippen LogP contribution in [0.4, 0.5) is 0 Å². The van der Waals surface area contributed by atoms with Crippen molar-refractivity contribution in [2.75, 3.05) is 18.9 Å². The number of aliphatic carboxylic acids is 1. The van der Waals surface area contributed by atoms with Crippen molar-refractivity contribution in [1.82, 2.24) is 24.6 Å². The number of fused-ring (bicyclic) bond motifs is 1. The fourth-order valence-electron chi connectivity index (χ4n) is 3.99. The zero-order valence-corrected chi connectivity index (χ0v) is 18.4. The fraction of sp³-hybridized carbons (Fsp3) is 0.500. The number of amides is 1. The number of carbonyl (C=O) groups excluding carboxylic acids is 1. The Kier molecular flexibility index (Phi) is 6.15. The van der Waals surface area contributed by atoms with Crippen LogP contribution in [-0.2, 0) is 26.2 Å². The quantitative estimate of drug-likeness (QED) is 0.611. The Morgan fingerprint density at radius 3 is 2.75 bits per heavy atom.